The van der Waals surface area contributed by atoms with Gasteiger partial charge in [0.1, 0.15) is 11.5 Å². The van der Waals surface area contributed by atoms with Gasteiger partial charge in [-0.05, 0) is 55.5 Å². The van der Waals surface area contributed by atoms with Crippen molar-refractivity contribution in [2.24, 2.45) is 0 Å². The third-order valence-corrected chi connectivity index (χ3v) is 5.65. The van der Waals surface area contributed by atoms with Gasteiger partial charge in [-0.2, -0.15) is 0 Å². The second kappa shape index (κ2) is 9.06. The molecule has 9 heteroatoms. The molecule has 7 nitrogen and oxygen atoms in total. The van der Waals surface area contributed by atoms with Crippen LogP contribution in [0.5, 0.6) is 11.5 Å². The molecule has 3 aromatic carbocycles. The van der Waals surface area contributed by atoms with Crippen molar-refractivity contribution in [3.8, 4) is 11.5 Å². The lowest BCUT2D eigenvalue weighted by Gasteiger charge is -2.16. The van der Waals surface area contributed by atoms with Crippen molar-refractivity contribution in [2.45, 2.75) is 17.9 Å². The number of ether oxygens (including phenoxy) is 1. The standard InChI is InChI=1S/C21H19ClN2O5S/c1-14(29-17-8-3-2-4-9-17)21(26)23-19-13-18(10-11-20(19)25)30(27,28)24-16-7-5-6-15(22)12-16/h2-14,24-25H,1H3,(H,23,26)/t14-/m0/s1. The van der Waals surface area contributed by atoms with E-state index in [1.807, 2.05) is 6.07 Å². The Labute approximate surface area is 179 Å². The zero-order valence-corrected chi connectivity index (χ0v) is 17.4. The Morgan fingerprint density at radius 2 is 1.77 bits per heavy atom. The summed E-state index contributed by atoms with van der Waals surface area (Å²) < 4.78 is 33.3. The SMILES string of the molecule is C[C@H](Oc1ccccc1)C(=O)Nc1cc(S(=O)(=O)Nc2cccc(Cl)c2)ccc1O. The Morgan fingerprint density at radius 1 is 1.03 bits per heavy atom. The van der Waals surface area contributed by atoms with E-state index in [1.54, 1.807) is 49.4 Å². The first-order valence-corrected chi connectivity index (χ1v) is 10.7. The summed E-state index contributed by atoms with van der Waals surface area (Å²) in [4.78, 5) is 12.3. The number of nitrogens with one attached hydrogen (secondary N) is 2. The van der Waals surface area contributed by atoms with Crippen molar-refractivity contribution >= 4 is 38.9 Å². The summed E-state index contributed by atoms with van der Waals surface area (Å²) in [7, 11) is -3.98. The van der Waals surface area contributed by atoms with Crippen molar-refractivity contribution in [2.75, 3.05) is 10.0 Å². The summed E-state index contributed by atoms with van der Waals surface area (Å²) in [5, 5.41) is 12.9. The number of aromatic hydroxyl groups is 1. The Bertz CT molecular complexity index is 1150. The van der Waals surface area contributed by atoms with E-state index in [0.29, 0.717) is 10.8 Å². The van der Waals surface area contributed by atoms with Crippen LogP contribution in [0.1, 0.15) is 6.92 Å². The van der Waals surface area contributed by atoms with Gasteiger partial charge in [-0.1, -0.05) is 35.9 Å². The number of carbonyl (C=O) groups excluding carboxylic acids is 1. The summed E-state index contributed by atoms with van der Waals surface area (Å²) in [5.74, 6) is -0.324. The molecule has 0 bridgehead atoms. The zero-order chi connectivity index (χ0) is 21.7. The Kier molecular flexibility index (Phi) is 6.49. The lowest BCUT2D eigenvalue weighted by atomic mass is 10.2. The maximum Gasteiger partial charge on any atom is 0.265 e. The number of benzene rings is 3. The third kappa shape index (κ3) is 5.43. The number of hydrogen-bond acceptors (Lipinski definition) is 5. The summed E-state index contributed by atoms with van der Waals surface area (Å²) in [5.41, 5.74) is 0.225. The number of phenols is 1. The molecule has 0 radical (unpaired) electrons. The topological polar surface area (TPSA) is 105 Å². The van der Waals surface area contributed by atoms with Crippen LogP contribution in [0.25, 0.3) is 0 Å². The number of anilines is 2. The molecule has 0 aromatic heterocycles. The smallest absolute Gasteiger partial charge is 0.265 e. The van der Waals surface area contributed by atoms with Crippen molar-refractivity contribution in [1.82, 2.24) is 0 Å². The summed E-state index contributed by atoms with van der Waals surface area (Å²) in [6.07, 6.45) is -0.878. The molecule has 0 aliphatic carbocycles. The van der Waals surface area contributed by atoms with Gasteiger partial charge in [0.15, 0.2) is 6.10 Å². The van der Waals surface area contributed by atoms with Crippen LogP contribution >= 0.6 is 11.6 Å². The van der Waals surface area contributed by atoms with Crippen molar-refractivity contribution in [1.29, 1.82) is 0 Å². The second-order valence-corrected chi connectivity index (χ2v) is 8.48. The molecular formula is C21H19ClN2O5S. The van der Waals surface area contributed by atoms with Crippen LogP contribution in [0.4, 0.5) is 11.4 Å². The number of sulfonamides is 1. The molecular weight excluding hydrogens is 428 g/mol. The van der Waals surface area contributed by atoms with Crippen LogP contribution in [0, 0.1) is 0 Å². The van der Waals surface area contributed by atoms with Gasteiger partial charge in [0.2, 0.25) is 0 Å². The van der Waals surface area contributed by atoms with Crippen molar-refractivity contribution in [3.63, 3.8) is 0 Å². The van der Waals surface area contributed by atoms with Gasteiger partial charge >= 0.3 is 0 Å². The van der Waals surface area contributed by atoms with Crippen LogP contribution in [-0.4, -0.2) is 25.5 Å². The molecule has 1 atom stereocenters. The average Bonchev–Trinajstić information content (AvgIpc) is 2.70. The van der Waals surface area contributed by atoms with Crippen LogP contribution in [0.3, 0.4) is 0 Å². The number of amides is 1. The van der Waals surface area contributed by atoms with Crippen LogP contribution in [-0.2, 0) is 14.8 Å². The number of para-hydroxylation sites is 1. The largest absolute Gasteiger partial charge is 0.506 e. The molecule has 3 N–H and O–H groups in total. The highest BCUT2D eigenvalue weighted by molar-refractivity contribution is 7.92. The van der Waals surface area contributed by atoms with E-state index in [4.69, 9.17) is 16.3 Å². The molecule has 1 amide bonds. The molecule has 3 rings (SSSR count). The minimum Gasteiger partial charge on any atom is -0.506 e. The molecule has 0 saturated carbocycles. The quantitative estimate of drug-likeness (QED) is 0.470. The Hall–Kier alpha value is -3.23. The van der Waals surface area contributed by atoms with Gasteiger partial charge in [-0.3, -0.25) is 9.52 Å². The lowest BCUT2D eigenvalue weighted by Crippen LogP contribution is -2.30. The second-order valence-electron chi connectivity index (χ2n) is 6.36. The van der Waals surface area contributed by atoms with E-state index in [-0.39, 0.29) is 22.0 Å². The van der Waals surface area contributed by atoms with E-state index >= 15 is 0 Å². The Morgan fingerprint density at radius 3 is 2.47 bits per heavy atom. The monoisotopic (exact) mass is 446 g/mol. The van der Waals surface area contributed by atoms with E-state index in [9.17, 15) is 18.3 Å². The molecule has 0 fully saturated rings. The van der Waals surface area contributed by atoms with Crippen molar-refractivity contribution < 1.29 is 23.1 Å². The molecule has 0 spiro atoms. The first-order valence-electron chi connectivity index (χ1n) is 8.88. The fraction of sp³-hybridized carbons (Fsp3) is 0.0952. The maximum absolute atomic E-state index is 12.7. The van der Waals surface area contributed by atoms with E-state index < -0.39 is 22.0 Å². The molecule has 0 aliphatic heterocycles. The highest BCUT2D eigenvalue weighted by atomic mass is 35.5. The van der Waals surface area contributed by atoms with Crippen LogP contribution in [0.15, 0.2) is 77.7 Å². The summed E-state index contributed by atoms with van der Waals surface area (Å²) >= 11 is 5.88. The van der Waals surface area contributed by atoms with E-state index in [2.05, 4.69) is 10.0 Å². The fourth-order valence-electron chi connectivity index (χ4n) is 2.54. The van der Waals surface area contributed by atoms with Crippen LogP contribution in [0.2, 0.25) is 5.02 Å². The lowest BCUT2D eigenvalue weighted by molar-refractivity contribution is -0.122. The van der Waals surface area contributed by atoms with Gasteiger partial charge in [-0.25, -0.2) is 8.42 Å². The average molecular weight is 447 g/mol. The highest BCUT2D eigenvalue weighted by Gasteiger charge is 2.20. The van der Waals surface area contributed by atoms with Gasteiger partial charge < -0.3 is 15.2 Å². The minimum absolute atomic E-state index is 0.0579. The third-order valence-electron chi connectivity index (χ3n) is 4.04. The zero-order valence-electron chi connectivity index (χ0n) is 15.9. The minimum atomic E-state index is -3.98. The summed E-state index contributed by atoms with van der Waals surface area (Å²) in [6, 6.07) is 18.6. The maximum atomic E-state index is 12.7. The van der Waals surface area contributed by atoms with E-state index in [0.717, 1.165) is 6.07 Å². The van der Waals surface area contributed by atoms with Gasteiger partial charge in [0.25, 0.3) is 15.9 Å². The van der Waals surface area contributed by atoms with Gasteiger partial charge in [0.05, 0.1) is 16.3 Å². The first kappa shape index (κ1) is 21.5. The van der Waals surface area contributed by atoms with Crippen molar-refractivity contribution in [3.05, 3.63) is 77.8 Å². The Balaban J connectivity index is 1.76. The predicted octanol–water partition coefficient (Wildman–Crippen LogP) is 4.25. The number of carbonyl (C=O) groups is 1. The molecule has 0 unspecified atom stereocenters. The predicted molar refractivity (Wildman–Crippen MR) is 116 cm³/mol. The normalized spacial score (nSPS) is 12.1. The molecule has 156 valence electrons. The molecule has 30 heavy (non-hydrogen) atoms. The van der Waals surface area contributed by atoms with Gasteiger partial charge in [0, 0.05) is 5.02 Å². The first-order chi connectivity index (χ1) is 14.2. The molecule has 0 saturated heterocycles. The highest BCUT2D eigenvalue weighted by Crippen LogP contribution is 2.28. The fourth-order valence-corrected chi connectivity index (χ4v) is 3.81. The number of rotatable bonds is 7. The number of hydrogen-bond donors (Lipinski definition) is 3. The van der Waals surface area contributed by atoms with Crippen LogP contribution < -0.4 is 14.8 Å². The molecule has 0 aliphatic rings. The van der Waals surface area contributed by atoms with E-state index in [1.165, 1.54) is 18.2 Å². The molecule has 0 heterocycles. The molecule has 3 aromatic rings. The number of halogens is 1. The number of phenolic OH excluding ortho intramolecular Hbond substituents is 1. The summed E-state index contributed by atoms with van der Waals surface area (Å²) in [6.45, 7) is 1.54. The van der Waals surface area contributed by atoms with Gasteiger partial charge in [-0.15, -0.1) is 0 Å².